The number of amides is 1. The molecule has 1 amide bonds. The van der Waals surface area contributed by atoms with Crippen molar-refractivity contribution in [3.63, 3.8) is 0 Å². The Hall–Kier alpha value is -2.18. The lowest BCUT2D eigenvalue weighted by Crippen LogP contribution is -2.38. The largest absolute Gasteiger partial charge is 0.465 e. The Kier molecular flexibility index (Phi) is 6.96. The van der Waals surface area contributed by atoms with Crippen molar-refractivity contribution < 1.29 is 19.4 Å². The summed E-state index contributed by atoms with van der Waals surface area (Å²) in [5, 5.41) is 11.0. The first-order chi connectivity index (χ1) is 11.6. The second-order valence-corrected chi connectivity index (χ2v) is 6.43. The highest BCUT2D eigenvalue weighted by molar-refractivity contribution is 7.12. The highest BCUT2D eigenvalue weighted by atomic mass is 32.1. The molecule has 1 N–H and O–H groups in total. The van der Waals surface area contributed by atoms with E-state index in [1.54, 1.807) is 6.07 Å². The molecule has 24 heavy (non-hydrogen) atoms. The van der Waals surface area contributed by atoms with Gasteiger partial charge in [-0.05, 0) is 23.4 Å². The lowest BCUT2D eigenvalue weighted by Gasteiger charge is -2.25. The Morgan fingerprint density at radius 2 is 1.96 bits per heavy atom. The fourth-order valence-electron chi connectivity index (χ4n) is 2.32. The van der Waals surface area contributed by atoms with Crippen molar-refractivity contribution in [3.05, 3.63) is 58.3 Å². The van der Waals surface area contributed by atoms with E-state index in [4.69, 9.17) is 4.74 Å². The first-order valence-electron chi connectivity index (χ1n) is 7.72. The van der Waals surface area contributed by atoms with Gasteiger partial charge in [0.15, 0.2) is 5.78 Å². The van der Waals surface area contributed by atoms with Crippen molar-refractivity contribution in [2.75, 3.05) is 13.7 Å². The predicted molar refractivity (Wildman–Crippen MR) is 93.6 cm³/mol. The van der Waals surface area contributed by atoms with Gasteiger partial charge in [0.05, 0.1) is 11.5 Å². The van der Waals surface area contributed by atoms with Gasteiger partial charge in [-0.3, -0.25) is 4.79 Å². The Balaban J connectivity index is 1.86. The van der Waals surface area contributed by atoms with Crippen LogP contribution in [0.2, 0.25) is 0 Å². The van der Waals surface area contributed by atoms with Gasteiger partial charge < -0.3 is 14.7 Å². The van der Waals surface area contributed by atoms with Crippen LogP contribution in [0.15, 0.2) is 47.8 Å². The maximum atomic E-state index is 12.2. The van der Waals surface area contributed by atoms with Crippen LogP contribution in [-0.4, -0.2) is 41.6 Å². The van der Waals surface area contributed by atoms with Crippen LogP contribution in [0, 0.1) is 0 Å². The first-order valence-corrected chi connectivity index (χ1v) is 8.60. The van der Waals surface area contributed by atoms with Gasteiger partial charge in [0.2, 0.25) is 0 Å². The second-order valence-electron chi connectivity index (χ2n) is 5.48. The standard InChI is InChI=1S/C18H21NO4S/c1-19(18(21)22)15(12-16(20)17-8-5-11-24-17)9-10-23-13-14-6-3-2-4-7-14/h2-8,11,15H,9-10,12-13H2,1H3,(H,21,22). The molecule has 0 saturated heterocycles. The zero-order valence-corrected chi connectivity index (χ0v) is 14.4. The normalized spacial score (nSPS) is 11.9. The Morgan fingerprint density at radius 3 is 2.58 bits per heavy atom. The van der Waals surface area contributed by atoms with Crippen LogP contribution < -0.4 is 0 Å². The fourth-order valence-corrected chi connectivity index (χ4v) is 3.00. The minimum atomic E-state index is -1.04. The van der Waals surface area contributed by atoms with E-state index in [0.717, 1.165) is 5.56 Å². The first kappa shape index (κ1) is 18.2. The molecule has 0 aliphatic carbocycles. The summed E-state index contributed by atoms with van der Waals surface area (Å²) < 4.78 is 5.62. The molecule has 128 valence electrons. The summed E-state index contributed by atoms with van der Waals surface area (Å²) in [5.74, 6) is -0.0360. The molecule has 2 aromatic rings. The molecule has 1 unspecified atom stereocenters. The number of ether oxygens (including phenoxy) is 1. The van der Waals surface area contributed by atoms with Crippen molar-refractivity contribution in [1.82, 2.24) is 4.90 Å². The minimum Gasteiger partial charge on any atom is -0.465 e. The van der Waals surface area contributed by atoms with Crippen LogP contribution in [0.1, 0.15) is 28.1 Å². The summed E-state index contributed by atoms with van der Waals surface area (Å²) in [6.07, 6.45) is -0.396. The summed E-state index contributed by atoms with van der Waals surface area (Å²) >= 11 is 1.37. The topological polar surface area (TPSA) is 66.8 Å². The number of benzene rings is 1. The maximum absolute atomic E-state index is 12.2. The van der Waals surface area contributed by atoms with Gasteiger partial charge in [-0.15, -0.1) is 11.3 Å². The van der Waals surface area contributed by atoms with E-state index in [2.05, 4.69) is 0 Å². The molecule has 0 spiro atoms. The lowest BCUT2D eigenvalue weighted by atomic mass is 10.1. The van der Waals surface area contributed by atoms with Crippen LogP contribution in [0.3, 0.4) is 0 Å². The third kappa shape index (κ3) is 5.47. The molecule has 0 fully saturated rings. The number of carboxylic acid groups (broad SMARTS) is 1. The quantitative estimate of drug-likeness (QED) is 0.552. The zero-order chi connectivity index (χ0) is 17.4. The van der Waals surface area contributed by atoms with Crippen LogP contribution in [0.4, 0.5) is 4.79 Å². The summed E-state index contributed by atoms with van der Waals surface area (Å²) in [7, 11) is 1.49. The van der Waals surface area contributed by atoms with E-state index < -0.39 is 12.1 Å². The van der Waals surface area contributed by atoms with Crippen molar-refractivity contribution in [1.29, 1.82) is 0 Å². The fraction of sp³-hybridized carbons (Fsp3) is 0.333. The van der Waals surface area contributed by atoms with Gasteiger partial charge in [-0.2, -0.15) is 0 Å². The lowest BCUT2D eigenvalue weighted by molar-refractivity contribution is 0.0786. The van der Waals surface area contributed by atoms with E-state index in [-0.39, 0.29) is 12.2 Å². The second kappa shape index (κ2) is 9.20. The van der Waals surface area contributed by atoms with Crippen molar-refractivity contribution in [2.24, 2.45) is 0 Å². The van der Waals surface area contributed by atoms with E-state index in [1.807, 2.05) is 41.8 Å². The van der Waals surface area contributed by atoms with Gasteiger partial charge in [0.25, 0.3) is 0 Å². The van der Waals surface area contributed by atoms with E-state index in [0.29, 0.717) is 24.5 Å². The molecule has 0 aliphatic heterocycles. The maximum Gasteiger partial charge on any atom is 0.407 e. The zero-order valence-electron chi connectivity index (χ0n) is 13.6. The molecule has 5 nitrogen and oxygen atoms in total. The SMILES string of the molecule is CN(C(=O)O)C(CCOCc1ccccc1)CC(=O)c1cccs1. The Bertz CT molecular complexity index is 642. The van der Waals surface area contributed by atoms with E-state index in [9.17, 15) is 14.7 Å². The van der Waals surface area contributed by atoms with Gasteiger partial charge in [0.1, 0.15) is 0 Å². The van der Waals surface area contributed by atoms with Crippen LogP contribution in [0.25, 0.3) is 0 Å². The highest BCUT2D eigenvalue weighted by Gasteiger charge is 2.23. The summed E-state index contributed by atoms with van der Waals surface area (Å²) in [5.41, 5.74) is 1.07. The van der Waals surface area contributed by atoms with Crippen molar-refractivity contribution in [3.8, 4) is 0 Å². The molecule has 6 heteroatoms. The average Bonchev–Trinajstić information content (AvgIpc) is 3.12. The molecular weight excluding hydrogens is 326 g/mol. The average molecular weight is 347 g/mol. The number of ketones is 1. The van der Waals surface area contributed by atoms with Gasteiger partial charge in [-0.25, -0.2) is 4.79 Å². The number of hydrogen-bond donors (Lipinski definition) is 1. The number of carbonyl (C=O) groups is 2. The molecule has 1 heterocycles. The number of thiophene rings is 1. The molecule has 1 atom stereocenters. The molecule has 0 saturated carbocycles. The number of carbonyl (C=O) groups excluding carboxylic acids is 1. The third-order valence-electron chi connectivity index (χ3n) is 3.77. The molecule has 1 aromatic carbocycles. The third-order valence-corrected chi connectivity index (χ3v) is 4.68. The number of rotatable bonds is 9. The smallest absolute Gasteiger partial charge is 0.407 e. The molecule has 0 radical (unpaired) electrons. The molecular formula is C18H21NO4S. The minimum absolute atomic E-state index is 0.0360. The van der Waals surface area contributed by atoms with Crippen LogP contribution in [0.5, 0.6) is 0 Å². The summed E-state index contributed by atoms with van der Waals surface area (Å²) in [4.78, 5) is 25.3. The van der Waals surface area contributed by atoms with Gasteiger partial charge in [0, 0.05) is 26.1 Å². The van der Waals surface area contributed by atoms with Crippen LogP contribution in [-0.2, 0) is 11.3 Å². The molecule has 0 aliphatic rings. The number of nitrogens with zero attached hydrogens (tertiary/aromatic N) is 1. The molecule has 1 aromatic heterocycles. The van der Waals surface area contributed by atoms with Crippen molar-refractivity contribution in [2.45, 2.75) is 25.5 Å². The highest BCUT2D eigenvalue weighted by Crippen LogP contribution is 2.16. The monoisotopic (exact) mass is 347 g/mol. The Morgan fingerprint density at radius 1 is 1.21 bits per heavy atom. The number of hydrogen-bond acceptors (Lipinski definition) is 4. The molecule has 2 rings (SSSR count). The van der Waals surface area contributed by atoms with Crippen LogP contribution >= 0.6 is 11.3 Å². The van der Waals surface area contributed by atoms with E-state index in [1.165, 1.54) is 23.3 Å². The van der Waals surface area contributed by atoms with Gasteiger partial charge >= 0.3 is 6.09 Å². The summed E-state index contributed by atoms with van der Waals surface area (Å²) in [6, 6.07) is 13.0. The number of Topliss-reactive ketones (excluding diaryl/α,β-unsaturated/α-hetero) is 1. The van der Waals surface area contributed by atoms with Gasteiger partial charge in [-0.1, -0.05) is 36.4 Å². The molecule has 0 bridgehead atoms. The van der Waals surface area contributed by atoms with Crippen molar-refractivity contribution >= 4 is 23.2 Å². The summed E-state index contributed by atoms with van der Waals surface area (Å²) in [6.45, 7) is 0.873. The Labute approximate surface area is 145 Å². The van der Waals surface area contributed by atoms with E-state index >= 15 is 0 Å². The predicted octanol–water partition coefficient (Wildman–Crippen LogP) is 3.91.